The summed E-state index contributed by atoms with van der Waals surface area (Å²) in [5.41, 5.74) is 0. The fraction of sp³-hybridized carbons (Fsp3) is 0.800. The number of rotatable bonds is 0. The van der Waals surface area contributed by atoms with Crippen LogP contribution >= 0.6 is 0 Å². The molecule has 1 rings (SSSR count). The van der Waals surface area contributed by atoms with Crippen molar-refractivity contribution in [2.45, 2.75) is 0 Å². The van der Waals surface area contributed by atoms with Gasteiger partial charge in [0.2, 0.25) is 0 Å². The van der Waals surface area contributed by atoms with E-state index >= 15 is 0 Å². The lowest BCUT2D eigenvalue weighted by Gasteiger charge is -2.28. The van der Waals surface area contributed by atoms with E-state index in [1.165, 1.54) is 0 Å². The first-order valence-corrected chi connectivity index (χ1v) is 4.68. The zero-order chi connectivity index (χ0) is 6.91. The van der Waals surface area contributed by atoms with Gasteiger partial charge in [-0.3, -0.25) is 7.05 Å². The van der Waals surface area contributed by atoms with Crippen LogP contribution in [0.15, 0.2) is 0 Å². The van der Waals surface area contributed by atoms with Crippen LogP contribution in [0.5, 0.6) is 0 Å². The molecule has 1 heterocycles. The summed E-state index contributed by atoms with van der Waals surface area (Å²) in [6.07, 6.45) is 0. The van der Waals surface area contributed by atoms with E-state index in [4.69, 9.17) is 0 Å². The predicted octanol–water partition coefficient (Wildman–Crippen LogP) is -0.492. The Morgan fingerprint density at radius 3 is 2.00 bits per heavy atom. The third-order valence-electron chi connectivity index (χ3n) is 1.44. The summed E-state index contributed by atoms with van der Waals surface area (Å²) in [6, 6.07) is 0. The highest BCUT2D eigenvalue weighted by Gasteiger charge is 2.15. The summed E-state index contributed by atoms with van der Waals surface area (Å²) < 4.78 is 21.5. The second kappa shape index (κ2) is 2.27. The van der Waals surface area contributed by atoms with Crippen LogP contribution in [-0.4, -0.2) is 37.9 Å². The Hall–Kier alpha value is -0.0900. The predicted molar refractivity (Wildman–Crippen MR) is 35.6 cm³/mol. The van der Waals surface area contributed by atoms with Crippen molar-refractivity contribution in [3.63, 3.8) is 0 Å². The van der Waals surface area contributed by atoms with E-state index in [2.05, 4.69) is 7.05 Å². The van der Waals surface area contributed by atoms with Crippen molar-refractivity contribution < 1.29 is 8.42 Å². The molecule has 0 aliphatic carbocycles. The SMILES string of the molecule is [CH2-]N1CCS(=O)(=O)CC1. The van der Waals surface area contributed by atoms with Gasteiger partial charge in [0.1, 0.15) is 0 Å². The van der Waals surface area contributed by atoms with Crippen LogP contribution in [0.4, 0.5) is 0 Å². The minimum Gasteiger partial charge on any atom is -0.458 e. The molecule has 0 atom stereocenters. The fourth-order valence-corrected chi connectivity index (χ4v) is 2.03. The Balaban J connectivity index is 2.55. The van der Waals surface area contributed by atoms with Crippen LogP contribution in [-0.2, 0) is 9.84 Å². The Morgan fingerprint density at radius 1 is 1.22 bits per heavy atom. The Labute approximate surface area is 55.6 Å². The first kappa shape index (κ1) is 7.02. The maximum atomic E-state index is 10.7. The van der Waals surface area contributed by atoms with Gasteiger partial charge < -0.3 is 4.90 Å². The van der Waals surface area contributed by atoms with E-state index in [-0.39, 0.29) is 11.5 Å². The van der Waals surface area contributed by atoms with Gasteiger partial charge in [0.05, 0.1) is 11.5 Å². The summed E-state index contributed by atoms with van der Waals surface area (Å²) >= 11 is 0. The van der Waals surface area contributed by atoms with E-state index < -0.39 is 9.84 Å². The molecule has 0 spiro atoms. The maximum Gasteiger partial charge on any atom is 0.152 e. The van der Waals surface area contributed by atoms with E-state index in [0.717, 1.165) is 0 Å². The first-order chi connectivity index (χ1) is 4.10. The standard InChI is InChI=1S/C5H10NO2S/c1-6-2-4-9(7,8)5-3-6/h1-5H2/q-1. The molecule has 9 heavy (non-hydrogen) atoms. The van der Waals surface area contributed by atoms with Crippen molar-refractivity contribution >= 4 is 9.84 Å². The first-order valence-electron chi connectivity index (χ1n) is 2.86. The molecule has 1 aliphatic rings. The lowest BCUT2D eigenvalue weighted by molar-refractivity contribution is 0.396. The molecule has 54 valence electrons. The Bertz CT molecular complexity index is 171. The van der Waals surface area contributed by atoms with Crippen molar-refractivity contribution in [2.75, 3.05) is 24.6 Å². The highest BCUT2D eigenvalue weighted by molar-refractivity contribution is 7.91. The zero-order valence-electron chi connectivity index (χ0n) is 5.21. The summed E-state index contributed by atoms with van der Waals surface area (Å²) in [6.45, 7) is 1.17. The molecular weight excluding hydrogens is 138 g/mol. The normalized spacial score (nSPS) is 28.1. The Kier molecular flexibility index (Phi) is 1.77. The van der Waals surface area contributed by atoms with Gasteiger partial charge >= 0.3 is 0 Å². The fourth-order valence-electron chi connectivity index (χ4n) is 0.750. The quantitative estimate of drug-likeness (QED) is 0.435. The van der Waals surface area contributed by atoms with E-state index in [0.29, 0.717) is 13.1 Å². The van der Waals surface area contributed by atoms with Gasteiger partial charge in [0.15, 0.2) is 9.84 Å². The molecule has 0 aromatic rings. The minimum atomic E-state index is -2.70. The van der Waals surface area contributed by atoms with Crippen molar-refractivity contribution in [3.05, 3.63) is 7.05 Å². The van der Waals surface area contributed by atoms with Gasteiger partial charge in [0, 0.05) is 0 Å². The number of sulfone groups is 1. The van der Waals surface area contributed by atoms with Gasteiger partial charge in [-0.1, -0.05) is 0 Å². The molecule has 0 aromatic heterocycles. The van der Waals surface area contributed by atoms with Crippen molar-refractivity contribution in [1.29, 1.82) is 0 Å². The van der Waals surface area contributed by atoms with Crippen LogP contribution in [0.1, 0.15) is 0 Å². The molecular formula is C5H10NO2S-. The number of nitrogens with zero attached hydrogens (tertiary/aromatic N) is 1. The smallest absolute Gasteiger partial charge is 0.152 e. The maximum absolute atomic E-state index is 10.7. The van der Waals surface area contributed by atoms with Gasteiger partial charge in [0.25, 0.3) is 0 Å². The minimum absolute atomic E-state index is 0.274. The van der Waals surface area contributed by atoms with Crippen molar-refractivity contribution in [1.82, 2.24) is 4.90 Å². The average molecular weight is 148 g/mol. The lowest BCUT2D eigenvalue weighted by Crippen LogP contribution is -2.36. The molecule has 0 amide bonds. The average Bonchev–Trinajstić information content (AvgIpc) is 1.78. The highest BCUT2D eigenvalue weighted by Crippen LogP contribution is 2.00. The second-order valence-corrected chi connectivity index (χ2v) is 4.57. The van der Waals surface area contributed by atoms with E-state index in [9.17, 15) is 8.42 Å². The van der Waals surface area contributed by atoms with Gasteiger partial charge in [-0.15, -0.1) is 0 Å². The molecule has 0 radical (unpaired) electrons. The molecule has 0 bridgehead atoms. The Morgan fingerprint density at radius 2 is 1.67 bits per heavy atom. The van der Waals surface area contributed by atoms with Crippen molar-refractivity contribution in [2.24, 2.45) is 0 Å². The molecule has 0 N–H and O–H groups in total. The van der Waals surface area contributed by atoms with Crippen LogP contribution in [0.2, 0.25) is 0 Å². The van der Waals surface area contributed by atoms with Gasteiger partial charge in [-0.2, -0.15) is 0 Å². The molecule has 4 heteroatoms. The second-order valence-electron chi connectivity index (χ2n) is 2.27. The largest absolute Gasteiger partial charge is 0.458 e. The molecule has 0 saturated carbocycles. The van der Waals surface area contributed by atoms with Crippen molar-refractivity contribution in [3.8, 4) is 0 Å². The van der Waals surface area contributed by atoms with Gasteiger partial charge in [-0.05, 0) is 13.1 Å². The molecule has 1 saturated heterocycles. The van der Waals surface area contributed by atoms with E-state index in [1.54, 1.807) is 4.90 Å². The van der Waals surface area contributed by atoms with Crippen LogP contribution in [0, 0.1) is 7.05 Å². The van der Waals surface area contributed by atoms with Crippen LogP contribution in [0.25, 0.3) is 0 Å². The number of hydrogen-bond acceptors (Lipinski definition) is 3. The molecule has 0 unspecified atom stereocenters. The molecule has 0 aromatic carbocycles. The monoisotopic (exact) mass is 148 g/mol. The highest BCUT2D eigenvalue weighted by atomic mass is 32.2. The summed E-state index contributed by atoms with van der Waals surface area (Å²) in [7, 11) is 0.935. The van der Waals surface area contributed by atoms with E-state index in [1.807, 2.05) is 0 Å². The number of hydrogen-bond donors (Lipinski definition) is 0. The summed E-state index contributed by atoms with van der Waals surface area (Å²) in [5.74, 6) is 0.549. The summed E-state index contributed by atoms with van der Waals surface area (Å²) in [4.78, 5) is 1.78. The van der Waals surface area contributed by atoms with Crippen LogP contribution in [0.3, 0.4) is 0 Å². The molecule has 1 aliphatic heterocycles. The topological polar surface area (TPSA) is 37.4 Å². The zero-order valence-corrected chi connectivity index (χ0v) is 6.02. The third-order valence-corrected chi connectivity index (χ3v) is 3.05. The lowest BCUT2D eigenvalue weighted by atomic mass is 10.6. The molecule has 1 fully saturated rings. The third kappa shape index (κ3) is 1.95. The van der Waals surface area contributed by atoms with Crippen LogP contribution < -0.4 is 0 Å². The summed E-state index contributed by atoms with van der Waals surface area (Å²) in [5, 5.41) is 0. The van der Waals surface area contributed by atoms with Gasteiger partial charge in [-0.25, -0.2) is 8.42 Å². The molecule has 3 nitrogen and oxygen atoms in total.